The lowest BCUT2D eigenvalue weighted by Gasteiger charge is -2.36. The van der Waals surface area contributed by atoms with Gasteiger partial charge in [0.2, 0.25) is 5.91 Å². The monoisotopic (exact) mass is 529 g/mol. The van der Waals surface area contributed by atoms with Gasteiger partial charge in [0.25, 0.3) is 0 Å². The lowest BCUT2D eigenvalue weighted by atomic mass is 9.72. The maximum atomic E-state index is 12.6. The number of nitrogens with zero attached hydrogens (tertiary/aromatic N) is 4. The van der Waals surface area contributed by atoms with Crippen molar-refractivity contribution in [2.24, 2.45) is 17.3 Å². The van der Waals surface area contributed by atoms with Gasteiger partial charge < -0.3 is 5.32 Å². The van der Waals surface area contributed by atoms with Crippen LogP contribution in [-0.4, -0.2) is 41.5 Å². The van der Waals surface area contributed by atoms with E-state index >= 15 is 0 Å². The van der Waals surface area contributed by atoms with Crippen LogP contribution in [0, 0.1) is 28.6 Å². The first-order valence-corrected chi connectivity index (χ1v) is 15.1. The molecule has 8 nitrogen and oxygen atoms in total. The molecule has 1 fully saturated rings. The minimum Gasteiger partial charge on any atom is -0.302 e. The third-order valence-electron chi connectivity index (χ3n) is 7.48. The first-order chi connectivity index (χ1) is 17.0. The molecule has 4 rings (SSSR count). The van der Waals surface area contributed by atoms with E-state index < -0.39 is 9.84 Å². The maximum absolute atomic E-state index is 12.6. The molecule has 36 heavy (non-hydrogen) atoms. The molecule has 0 unspecified atom stereocenters. The molecule has 1 saturated carbocycles. The van der Waals surface area contributed by atoms with Crippen molar-refractivity contribution >= 4 is 32.2 Å². The summed E-state index contributed by atoms with van der Waals surface area (Å²) in [6.07, 6.45) is 5.49. The summed E-state index contributed by atoms with van der Waals surface area (Å²) < 4.78 is 23.9. The molecule has 1 atom stereocenters. The Bertz CT molecular complexity index is 1240. The number of pyridine rings is 1. The van der Waals surface area contributed by atoms with Crippen LogP contribution in [-0.2, 0) is 27.6 Å². The number of rotatable bonds is 8. The van der Waals surface area contributed by atoms with Crippen LogP contribution in [0.3, 0.4) is 0 Å². The van der Waals surface area contributed by atoms with Crippen LogP contribution < -0.4 is 5.32 Å². The highest BCUT2D eigenvalue weighted by Gasteiger charge is 2.39. The summed E-state index contributed by atoms with van der Waals surface area (Å²) in [6.45, 7) is 9.96. The fraction of sp³-hybridized carbons (Fsp3) is 0.615. The summed E-state index contributed by atoms with van der Waals surface area (Å²) in [7, 11) is -3.31. The Balaban J connectivity index is 1.37. The molecule has 0 spiro atoms. The Morgan fingerprint density at radius 1 is 1.33 bits per heavy atom. The van der Waals surface area contributed by atoms with Gasteiger partial charge in [-0.1, -0.05) is 20.8 Å². The smallest absolute Gasteiger partial charge is 0.232 e. The van der Waals surface area contributed by atoms with E-state index in [1.807, 2.05) is 0 Å². The SMILES string of the molecule is CCS(=O)(=O)c1ccc(CC(=O)Nc2nc3c(s2)CN(C[C@H]2CC[C@@](C)(C#N)CC2)[C@H]3C(C)C)nc1. The van der Waals surface area contributed by atoms with Crippen LogP contribution in [0.2, 0.25) is 0 Å². The number of amides is 1. The Labute approximate surface area is 218 Å². The van der Waals surface area contributed by atoms with Gasteiger partial charge in [-0.3, -0.25) is 14.7 Å². The summed E-state index contributed by atoms with van der Waals surface area (Å²) in [5, 5.41) is 12.9. The third-order valence-corrected chi connectivity index (χ3v) is 10.2. The number of carbonyl (C=O) groups is 1. The zero-order valence-electron chi connectivity index (χ0n) is 21.5. The van der Waals surface area contributed by atoms with Gasteiger partial charge in [-0.25, -0.2) is 13.4 Å². The molecule has 0 aromatic carbocycles. The van der Waals surface area contributed by atoms with Gasteiger partial charge in [-0.05, 0) is 56.6 Å². The number of nitrogens with one attached hydrogen (secondary N) is 1. The van der Waals surface area contributed by atoms with Crippen LogP contribution in [0.4, 0.5) is 5.13 Å². The zero-order valence-corrected chi connectivity index (χ0v) is 23.1. The quantitative estimate of drug-likeness (QED) is 0.525. The molecule has 1 N–H and O–H groups in total. The number of carbonyl (C=O) groups excluding carboxylic acids is 1. The highest BCUT2D eigenvalue weighted by Crippen LogP contribution is 2.45. The Hall–Kier alpha value is -2.35. The van der Waals surface area contributed by atoms with E-state index in [9.17, 15) is 18.5 Å². The summed E-state index contributed by atoms with van der Waals surface area (Å²) in [5.41, 5.74) is 1.41. The predicted octanol–water partition coefficient (Wildman–Crippen LogP) is 4.75. The summed E-state index contributed by atoms with van der Waals surface area (Å²) >= 11 is 1.53. The van der Waals surface area contributed by atoms with Gasteiger partial charge in [-0.2, -0.15) is 5.26 Å². The number of sulfone groups is 1. The molecule has 3 heterocycles. The molecule has 0 radical (unpaired) electrons. The molecule has 0 bridgehead atoms. The lowest BCUT2D eigenvalue weighted by Crippen LogP contribution is -2.34. The minimum absolute atomic E-state index is 0.0132. The number of thiazole rings is 1. The highest BCUT2D eigenvalue weighted by molar-refractivity contribution is 7.91. The number of aromatic nitrogens is 2. The number of fused-ring (bicyclic) bond motifs is 1. The molecular formula is C26H35N5O3S2. The van der Waals surface area contributed by atoms with E-state index in [0.717, 1.165) is 44.5 Å². The molecule has 1 aliphatic heterocycles. The van der Waals surface area contributed by atoms with Gasteiger partial charge in [0.1, 0.15) is 0 Å². The molecule has 194 valence electrons. The average Bonchev–Trinajstić information content (AvgIpc) is 3.37. The van der Waals surface area contributed by atoms with Crippen LogP contribution in [0.15, 0.2) is 23.2 Å². The van der Waals surface area contributed by atoms with Crippen molar-refractivity contribution in [3.05, 3.63) is 34.6 Å². The normalized spacial score (nSPS) is 24.4. The number of hydrogen-bond acceptors (Lipinski definition) is 8. The topological polar surface area (TPSA) is 116 Å². The Morgan fingerprint density at radius 2 is 2.06 bits per heavy atom. The lowest BCUT2D eigenvalue weighted by molar-refractivity contribution is -0.115. The van der Waals surface area contributed by atoms with Crippen molar-refractivity contribution in [1.29, 1.82) is 5.26 Å². The average molecular weight is 530 g/mol. The van der Waals surface area contributed by atoms with E-state index in [1.165, 1.54) is 28.5 Å². The van der Waals surface area contributed by atoms with Crippen molar-refractivity contribution in [1.82, 2.24) is 14.9 Å². The molecule has 1 amide bonds. The van der Waals surface area contributed by atoms with Gasteiger partial charge in [-0.15, -0.1) is 11.3 Å². The van der Waals surface area contributed by atoms with Crippen LogP contribution >= 0.6 is 11.3 Å². The number of anilines is 1. The summed E-state index contributed by atoms with van der Waals surface area (Å²) in [4.78, 5) is 25.5. The van der Waals surface area contributed by atoms with Crippen LogP contribution in [0.5, 0.6) is 0 Å². The predicted molar refractivity (Wildman–Crippen MR) is 140 cm³/mol. The van der Waals surface area contributed by atoms with E-state index in [-0.39, 0.29) is 34.4 Å². The first-order valence-electron chi connectivity index (χ1n) is 12.7. The van der Waals surface area contributed by atoms with Gasteiger partial charge in [0.05, 0.1) is 40.3 Å². The maximum Gasteiger partial charge on any atom is 0.232 e. The van der Waals surface area contributed by atoms with Gasteiger partial charge in [0.15, 0.2) is 15.0 Å². The second-order valence-electron chi connectivity index (χ2n) is 10.7. The highest BCUT2D eigenvalue weighted by atomic mass is 32.2. The first kappa shape index (κ1) is 26.7. The van der Waals surface area contributed by atoms with E-state index in [1.54, 1.807) is 13.0 Å². The molecule has 1 aliphatic carbocycles. The van der Waals surface area contributed by atoms with Crippen molar-refractivity contribution in [2.45, 2.75) is 77.3 Å². The summed E-state index contributed by atoms with van der Waals surface area (Å²) in [5.74, 6) is 0.792. The largest absolute Gasteiger partial charge is 0.302 e. The molecule has 0 saturated heterocycles. The van der Waals surface area contributed by atoms with Crippen molar-refractivity contribution in [3.63, 3.8) is 0 Å². The minimum atomic E-state index is -3.31. The second-order valence-corrected chi connectivity index (χ2v) is 14.0. The van der Waals surface area contributed by atoms with E-state index in [2.05, 4.69) is 42.0 Å². The number of nitriles is 1. The number of hydrogen-bond donors (Lipinski definition) is 1. The molecule has 2 aromatic rings. The van der Waals surface area contributed by atoms with Crippen molar-refractivity contribution in [2.75, 3.05) is 17.6 Å². The molecule has 10 heteroatoms. The Kier molecular flexibility index (Phi) is 7.83. The van der Waals surface area contributed by atoms with Crippen LogP contribution in [0.25, 0.3) is 0 Å². The second kappa shape index (κ2) is 10.6. The van der Waals surface area contributed by atoms with E-state index in [0.29, 0.717) is 22.7 Å². The third kappa shape index (κ3) is 5.79. The zero-order chi connectivity index (χ0) is 26.1. The molecule has 2 aliphatic rings. The fourth-order valence-corrected chi connectivity index (χ4v) is 7.13. The Morgan fingerprint density at radius 3 is 2.64 bits per heavy atom. The molecular weight excluding hydrogens is 494 g/mol. The van der Waals surface area contributed by atoms with Crippen LogP contribution in [0.1, 0.15) is 75.7 Å². The van der Waals surface area contributed by atoms with E-state index in [4.69, 9.17) is 4.98 Å². The standard InChI is InChI=1S/C26H35N5O3S2/c1-5-36(33,34)20-7-6-19(28-13-20)12-22(32)29-25-30-23-21(35-25)15-31(24(23)17(2)3)14-18-8-10-26(4,16-27)11-9-18/h6-7,13,17-18,24H,5,8-12,14-15H2,1-4H3,(H,29,30,32)/t18-,24-,26+/m0/s1. The van der Waals surface area contributed by atoms with Crippen molar-refractivity contribution in [3.8, 4) is 6.07 Å². The van der Waals surface area contributed by atoms with Gasteiger partial charge >= 0.3 is 0 Å². The van der Waals surface area contributed by atoms with Crippen molar-refractivity contribution < 1.29 is 13.2 Å². The van der Waals surface area contributed by atoms with Gasteiger partial charge in [0, 0.05) is 29.9 Å². The summed E-state index contributed by atoms with van der Waals surface area (Å²) in [6, 6.07) is 5.80. The fourth-order valence-electron chi connectivity index (χ4n) is 5.27. The molecule has 2 aromatic heterocycles.